The molecule has 118 valence electrons. The molecule has 7 heteroatoms. The summed E-state index contributed by atoms with van der Waals surface area (Å²) < 4.78 is 2.91. The zero-order chi connectivity index (χ0) is 16.6. The van der Waals surface area contributed by atoms with Crippen molar-refractivity contribution in [1.82, 2.24) is 14.5 Å². The third-order valence-electron chi connectivity index (χ3n) is 3.95. The summed E-state index contributed by atoms with van der Waals surface area (Å²) in [5, 5.41) is 2.29. The van der Waals surface area contributed by atoms with Crippen LogP contribution in [0, 0.1) is 11.8 Å². The van der Waals surface area contributed by atoms with Crippen LogP contribution in [0.4, 0.5) is 0 Å². The van der Waals surface area contributed by atoms with Crippen LogP contribution in [0.25, 0.3) is 11.0 Å². The van der Waals surface area contributed by atoms with Gasteiger partial charge in [-0.05, 0) is 18.6 Å². The molecule has 0 bridgehead atoms. The van der Waals surface area contributed by atoms with Gasteiger partial charge >= 0.3 is 5.69 Å². The number of nitrogens with zero attached hydrogens (tertiary/aromatic N) is 2. The smallest absolute Gasteiger partial charge is 0.320 e. The molecule has 1 aliphatic heterocycles. The number of amides is 2. The van der Waals surface area contributed by atoms with Gasteiger partial charge in [0.2, 0.25) is 11.8 Å². The van der Waals surface area contributed by atoms with Crippen molar-refractivity contribution in [2.75, 3.05) is 6.54 Å². The Bertz CT molecular complexity index is 926. The molecule has 7 nitrogen and oxygen atoms in total. The molecule has 1 unspecified atom stereocenters. The lowest BCUT2D eigenvalue weighted by molar-refractivity contribution is -0.135. The summed E-state index contributed by atoms with van der Waals surface area (Å²) in [5.41, 5.74) is 7.06. The number of fused-ring (bicyclic) bond motifs is 1. The summed E-state index contributed by atoms with van der Waals surface area (Å²) in [6.45, 7) is 0.220. The quantitative estimate of drug-likeness (QED) is 0.554. The number of imidazole rings is 1. The minimum absolute atomic E-state index is 0.214. The van der Waals surface area contributed by atoms with Gasteiger partial charge in [0.05, 0.1) is 23.1 Å². The molecule has 2 amide bonds. The number of para-hydroxylation sites is 1. The van der Waals surface area contributed by atoms with Crippen LogP contribution in [0.2, 0.25) is 0 Å². The third kappa shape index (κ3) is 2.43. The monoisotopic (exact) mass is 312 g/mol. The average Bonchev–Trinajstić information content (AvgIpc) is 2.78. The molecule has 0 saturated carbocycles. The van der Waals surface area contributed by atoms with Gasteiger partial charge in [0.15, 0.2) is 0 Å². The van der Waals surface area contributed by atoms with Gasteiger partial charge in [-0.25, -0.2) is 4.79 Å². The number of aromatic nitrogens is 2. The van der Waals surface area contributed by atoms with Gasteiger partial charge in [0, 0.05) is 13.5 Å². The molecule has 23 heavy (non-hydrogen) atoms. The number of nitrogens with one attached hydrogen (secondary N) is 1. The molecule has 1 atom stereocenters. The first-order valence-corrected chi connectivity index (χ1v) is 7.27. The van der Waals surface area contributed by atoms with Crippen molar-refractivity contribution in [3.63, 3.8) is 0 Å². The first-order chi connectivity index (χ1) is 11.0. The summed E-state index contributed by atoms with van der Waals surface area (Å²) in [7, 11) is 1.64. The minimum Gasteiger partial charge on any atom is -0.320 e. The summed E-state index contributed by atoms with van der Waals surface area (Å²) in [6, 6.07) is 4.67. The van der Waals surface area contributed by atoms with Gasteiger partial charge in [-0.15, -0.1) is 0 Å². The number of rotatable bonds is 1. The van der Waals surface area contributed by atoms with Crippen LogP contribution < -0.4 is 16.7 Å². The number of aryl methyl sites for hydroxylation is 1. The number of hydrogen-bond acceptors (Lipinski definition) is 4. The van der Waals surface area contributed by atoms with E-state index >= 15 is 0 Å². The van der Waals surface area contributed by atoms with Crippen LogP contribution in [0.5, 0.6) is 0 Å². The number of piperidine rings is 1. The predicted molar refractivity (Wildman–Crippen MR) is 84.5 cm³/mol. The molecule has 0 radical (unpaired) electrons. The van der Waals surface area contributed by atoms with Crippen LogP contribution in [0.3, 0.4) is 0 Å². The summed E-state index contributed by atoms with van der Waals surface area (Å²) in [6.07, 6.45) is 0.522. The summed E-state index contributed by atoms with van der Waals surface area (Å²) >= 11 is 0. The lowest BCUT2D eigenvalue weighted by Gasteiger charge is -2.21. The first kappa shape index (κ1) is 15.1. The zero-order valence-corrected chi connectivity index (χ0v) is 12.6. The van der Waals surface area contributed by atoms with Crippen molar-refractivity contribution in [3.8, 4) is 11.8 Å². The number of imide groups is 1. The van der Waals surface area contributed by atoms with Crippen LogP contribution in [0.15, 0.2) is 23.0 Å². The summed E-state index contributed by atoms with van der Waals surface area (Å²) in [4.78, 5) is 36.1. The highest BCUT2D eigenvalue weighted by Gasteiger charge is 2.31. The van der Waals surface area contributed by atoms with Crippen LogP contribution >= 0.6 is 0 Å². The van der Waals surface area contributed by atoms with Crippen molar-refractivity contribution < 1.29 is 9.59 Å². The Morgan fingerprint density at radius 3 is 2.83 bits per heavy atom. The normalized spacial score (nSPS) is 17.7. The SMILES string of the molecule is Cn1c(=O)n(C2CCC(=O)NC2=O)c2cccc(C#CCN)c21. The first-order valence-electron chi connectivity index (χ1n) is 7.27. The molecule has 1 saturated heterocycles. The van der Waals surface area contributed by atoms with E-state index in [-0.39, 0.29) is 24.6 Å². The Kier molecular flexibility index (Phi) is 3.76. The largest absolute Gasteiger partial charge is 0.329 e. The average molecular weight is 312 g/mol. The maximum Gasteiger partial charge on any atom is 0.329 e. The molecule has 2 heterocycles. The number of hydrogen-bond donors (Lipinski definition) is 2. The van der Waals surface area contributed by atoms with Crippen LogP contribution in [0.1, 0.15) is 24.4 Å². The fraction of sp³-hybridized carbons (Fsp3) is 0.312. The van der Waals surface area contributed by atoms with Crippen molar-refractivity contribution in [1.29, 1.82) is 0 Å². The number of carbonyl (C=O) groups excluding carboxylic acids is 2. The maximum atomic E-state index is 12.6. The van der Waals surface area contributed by atoms with Crippen molar-refractivity contribution in [3.05, 3.63) is 34.2 Å². The number of nitrogens with two attached hydrogens (primary N) is 1. The van der Waals surface area contributed by atoms with Crippen molar-refractivity contribution in [2.45, 2.75) is 18.9 Å². The molecule has 3 N–H and O–H groups in total. The van der Waals surface area contributed by atoms with E-state index in [1.165, 1.54) is 9.13 Å². The highest BCUT2D eigenvalue weighted by molar-refractivity contribution is 6.00. The Morgan fingerprint density at radius 2 is 2.13 bits per heavy atom. The second-order valence-electron chi connectivity index (χ2n) is 5.36. The molecule has 2 aromatic rings. The topological polar surface area (TPSA) is 99.1 Å². The van der Waals surface area contributed by atoms with E-state index in [4.69, 9.17) is 5.73 Å². The van der Waals surface area contributed by atoms with E-state index in [1.54, 1.807) is 25.2 Å². The number of benzene rings is 1. The van der Waals surface area contributed by atoms with Crippen LogP contribution in [-0.4, -0.2) is 27.5 Å². The zero-order valence-electron chi connectivity index (χ0n) is 12.6. The second kappa shape index (κ2) is 5.74. The van der Waals surface area contributed by atoms with Gasteiger partial charge in [-0.1, -0.05) is 17.9 Å². The minimum atomic E-state index is -0.693. The molecular weight excluding hydrogens is 296 g/mol. The van der Waals surface area contributed by atoms with Gasteiger partial charge in [-0.2, -0.15) is 0 Å². The Balaban J connectivity index is 2.23. The van der Waals surface area contributed by atoms with Gasteiger partial charge < -0.3 is 5.73 Å². The van der Waals surface area contributed by atoms with E-state index in [2.05, 4.69) is 17.2 Å². The van der Waals surface area contributed by atoms with Crippen molar-refractivity contribution in [2.24, 2.45) is 12.8 Å². The molecule has 1 aromatic heterocycles. The highest BCUT2D eigenvalue weighted by Crippen LogP contribution is 2.24. The Morgan fingerprint density at radius 1 is 1.35 bits per heavy atom. The van der Waals surface area contributed by atoms with Crippen LogP contribution in [-0.2, 0) is 16.6 Å². The van der Waals surface area contributed by atoms with Gasteiger partial charge in [0.25, 0.3) is 0 Å². The maximum absolute atomic E-state index is 12.6. The van der Waals surface area contributed by atoms with Crippen molar-refractivity contribution >= 4 is 22.8 Å². The van der Waals surface area contributed by atoms with Gasteiger partial charge in [-0.3, -0.25) is 24.0 Å². The predicted octanol–water partition coefficient (Wildman–Crippen LogP) is -0.372. The lowest BCUT2D eigenvalue weighted by atomic mass is 10.1. The highest BCUT2D eigenvalue weighted by atomic mass is 16.2. The van der Waals surface area contributed by atoms with E-state index in [0.717, 1.165) is 0 Å². The lowest BCUT2D eigenvalue weighted by Crippen LogP contribution is -2.44. The third-order valence-corrected chi connectivity index (χ3v) is 3.95. The molecule has 1 aliphatic rings. The molecule has 1 fully saturated rings. The standard InChI is InChI=1S/C16H16N4O3/c1-19-14-10(5-3-9-17)4-2-6-11(14)20(16(19)23)12-7-8-13(21)18-15(12)22/h2,4,6,12H,7-9,17H2,1H3,(H,18,21,22). The number of carbonyl (C=O) groups is 2. The molecule has 0 spiro atoms. The van der Waals surface area contributed by atoms with E-state index < -0.39 is 11.9 Å². The van der Waals surface area contributed by atoms with E-state index in [0.29, 0.717) is 23.0 Å². The molecule has 3 rings (SSSR count). The Hall–Kier alpha value is -2.85. The molecular formula is C16H16N4O3. The molecule has 0 aliphatic carbocycles. The Labute approximate surface area is 132 Å². The fourth-order valence-electron chi connectivity index (χ4n) is 2.92. The molecule has 1 aromatic carbocycles. The van der Waals surface area contributed by atoms with E-state index in [9.17, 15) is 14.4 Å². The summed E-state index contributed by atoms with van der Waals surface area (Å²) in [5.74, 6) is 4.96. The van der Waals surface area contributed by atoms with E-state index in [1.807, 2.05) is 0 Å². The van der Waals surface area contributed by atoms with Gasteiger partial charge in [0.1, 0.15) is 6.04 Å². The fourth-order valence-corrected chi connectivity index (χ4v) is 2.92. The second-order valence-corrected chi connectivity index (χ2v) is 5.36.